The number of amides is 1. The molecule has 3 aromatic carbocycles. The van der Waals surface area contributed by atoms with Gasteiger partial charge in [-0.25, -0.2) is 4.98 Å². The van der Waals surface area contributed by atoms with Gasteiger partial charge in [-0.15, -0.1) is 0 Å². The molecule has 1 aromatic heterocycles. The molecule has 1 amide bonds. The van der Waals surface area contributed by atoms with Crippen LogP contribution < -0.4 is 4.90 Å². The second-order valence-electron chi connectivity index (χ2n) is 7.14. The maximum absolute atomic E-state index is 13.4. The van der Waals surface area contributed by atoms with Crippen molar-refractivity contribution in [2.45, 2.75) is 27.3 Å². The monoisotopic (exact) mass is 386 g/mol. The van der Waals surface area contributed by atoms with Gasteiger partial charge in [0.15, 0.2) is 5.13 Å². The second-order valence-corrected chi connectivity index (χ2v) is 8.15. The van der Waals surface area contributed by atoms with Crippen LogP contribution in [-0.4, -0.2) is 10.9 Å². The lowest BCUT2D eigenvalue weighted by atomic mass is 10.1. The Morgan fingerprint density at radius 2 is 1.71 bits per heavy atom. The van der Waals surface area contributed by atoms with Gasteiger partial charge in [-0.2, -0.15) is 0 Å². The number of rotatable bonds is 4. The number of hydrogen-bond acceptors (Lipinski definition) is 3. The third kappa shape index (κ3) is 3.69. The van der Waals surface area contributed by atoms with E-state index >= 15 is 0 Å². The maximum atomic E-state index is 13.4. The molecule has 0 N–H and O–H groups in total. The fraction of sp³-hybridized carbons (Fsp3) is 0.167. The molecular weight excluding hydrogens is 364 g/mol. The van der Waals surface area contributed by atoms with Crippen molar-refractivity contribution < 1.29 is 4.79 Å². The first-order valence-electron chi connectivity index (χ1n) is 9.31. The molecule has 0 unspecified atom stereocenters. The van der Waals surface area contributed by atoms with Crippen molar-refractivity contribution in [3.8, 4) is 0 Å². The SMILES string of the molecule is Cc1ccc2nc(N(Cc3ccccc3)C(=O)c3ccc(C)c(C)c3)sc2c1. The minimum atomic E-state index is -0.0252. The van der Waals surface area contributed by atoms with Crippen LogP contribution in [0.3, 0.4) is 0 Å². The Hall–Kier alpha value is -2.98. The lowest BCUT2D eigenvalue weighted by Crippen LogP contribution is -2.30. The van der Waals surface area contributed by atoms with Gasteiger partial charge in [0.05, 0.1) is 16.8 Å². The number of thiazole rings is 1. The molecule has 0 atom stereocenters. The number of carbonyl (C=O) groups excluding carboxylic acids is 1. The van der Waals surface area contributed by atoms with Crippen molar-refractivity contribution in [2.24, 2.45) is 0 Å². The zero-order valence-corrected chi connectivity index (χ0v) is 17.1. The molecule has 0 aliphatic carbocycles. The van der Waals surface area contributed by atoms with Crippen molar-refractivity contribution in [1.82, 2.24) is 4.98 Å². The van der Waals surface area contributed by atoms with Crippen molar-refractivity contribution in [2.75, 3.05) is 4.90 Å². The number of carbonyl (C=O) groups is 1. The van der Waals surface area contributed by atoms with Gasteiger partial charge >= 0.3 is 0 Å². The van der Waals surface area contributed by atoms with Crippen molar-refractivity contribution >= 4 is 32.6 Å². The van der Waals surface area contributed by atoms with E-state index in [1.807, 2.05) is 61.5 Å². The van der Waals surface area contributed by atoms with Gasteiger partial charge in [0, 0.05) is 5.56 Å². The van der Waals surface area contributed by atoms with E-state index in [-0.39, 0.29) is 5.91 Å². The van der Waals surface area contributed by atoms with E-state index in [9.17, 15) is 4.79 Å². The third-order valence-electron chi connectivity index (χ3n) is 4.95. The van der Waals surface area contributed by atoms with Crippen LogP contribution in [0.5, 0.6) is 0 Å². The van der Waals surface area contributed by atoms with Gasteiger partial charge in [-0.05, 0) is 67.3 Å². The Balaban J connectivity index is 1.78. The normalized spacial score (nSPS) is 11.0. The van der Waals surface area contributed by atoms with Gasteiger partial charge in [0.1, 0.15) is 0 Å². The lowest BCUT2D eigenvalue weighted by molar-refractivity contribution is 0.0985. The summed E-state index contributed by atoms with van der Waals surface area (Å²) in [6.07, 6.45) is 0. The number of benzene rings is 3. The highest BCUT2D eigenvalue weighted by atomic mass is 32.1. The van der Waals surface area contributed by atoms with Crippen LogP contribution >= 0.6 is 11.3 Å². The molecule has 0 saturated carbocycles. The largest absolute Gasteiger partial charge is 0.279 e. The summed E-state index contributed by atoms with van der Waals surface area (Å²) in [6.45, 7) is 6.65. The number of fused-ring (bicyclic) bond motifs is 1. The molecular formula is C24H22N2OS. The summed E-state index contributed by atoms with van der Waals surface area (Å²) in [5.41, 5.74) is 6.19. The summed E-state index contributed by atoms with van der Waals surface area (Å²) < 4.78 is 1.10. The van der Waals surface area contributed by atoms with Crippen LogP contribution in [0, 0.1) is 20.8 Å². The van der Waals surface area contributed by atoms with Crippen molar-refractivity contribution in [3.05, 3.63) is 94.5 Å². The highest BCUT2D eigenvalue weighted by Crippen LogP contribution is 2.31. The summed E-state index contributed by atoms with van der Waals surface area (Å²) >= 11 is 1.56. The van der Waals surface area contributed by atoms with Crippen LogP contribution in [0.15, 0.2) is 66.7 Å². The fourth-order valence-corrected chi connectivity index (χ4v) is 4.22. The molecule has 3 nitrogen and oxygen atoms in total. The number of aromatic nitrogens is 1. The summed E-state index contributed by atoms with van der Waals surface area (Å²) in [6, 6.07) is 22.1. The summed E-state index contributed by atoms with van der Waals surface area (Å²) in [7, 11) is 0. The standard InChI is InChI=1S/C24H22N2OS/c1-16-9-12-21-22(13-16)28-24(25-21)26(15-19-7-5-4-6-8-19)23(27)20-11-10-17(2)18(3)14-20/h4-14H,15H2,1-3H3. The van der Waals surface area contributed by atoms with Gasteiger partial charge in [-0.3, -0.25) is 9.69 Å². The van der Waals surface area contributed by atoms with Crippen LogP contribution in [0.4, 0.5) is 5.13 Å². The Morgan fingerprint density at radius 3 is 2.46 bits per heavy atom. The zero-order chi connectivity index (χ0) is 19.7. The van der Waals surface area contributed by atoms with E-state index in [0.717, 1.165) is 26.5 Å². The van der Waals surface area contributed by atoms with E-state index in [4.69, 9.17) is 4.98 Å². The predicted octanol–water partition coefficient (Wildman–Crippen LogP) is 6.07. The van der Waals surface area contributed by atoms with Crippen LogP contribution in [0.2, 0.25) is 0 Å². The molecule has 0 radical (unpaired) electrons. The molecule has 0 aliphatic rings. The average Bonchev–Trinajstić information content (AvgIpc) is 3.11. The van der Waals surface area contributed by atoms with E-state index < -0.39 is 0 Å². The average molecular weight is 387 g/mol. The molecule has 0 fully saturated rings. The first-order chi connectivity index (χ1) is 13.5. The Kier molecular flexibility index (Phi) is 4.97. The topological polar surface area (TPSA) is 33.2 Å². The molecule has 28 heavy (non-hydrogen) atoms. The molecule has 4 rings (SSSR count). The Morgan fingerprint density at radius 1 is 0.929 bits per heavy atom. The van der Waals surface area contributed by atoms with Crippen molar-refractivity contribution in [1.29, 1.82) is 0 Å². The molecule has 0 saturated heterocycles. The fourth-order valence-electron chi connectivity index (χ4n) is 3.16. The number of nitrogens with zero attached hydrogens (tertiary/aromatic N) is 2. The Bertz CT molecular complexity index is 1150. The van der Waals surface area contributed by atoms with Crippen LogP contribution in [-0.2, 0) is 6.54 Å². The molecule has 4 heteroatoms. The van der Waals surface area contributed by atoms with Crippen LogP contribution in [0.25, 0.3) is 10.2 Å². The molecule has 0 aliphatic heterocycles. The molecule has 1 heterocycles. The highest BCUT2D eigenvalue weighted by molar-refractivity contribution is 7.22. The van der Waals surface area contributed by atoms with Crippen molar-refractivity contribution in [3.63, 3.8) is 0 Å². The quantitative estimate of drug-likeness (QED) is 0.426. The highest BCUT2D eigenvalue weighted by Gasteiger charge is 2.22. The Labute approximate surface area is 169 Å². The number of hydrogen-bond donors (Lipinski definition) is 0. The molecule has 4 aromatic rings. The van der Waals surface area contributed by atoms with Gasteiger partial charge in [-0.1, -0.05) is 53.8 Å². The van der Waals surface area contributed by atoms with E-state index in [1.54, 1.807) is 16.2 Å². The first-order valence-corrected chi connectivity index (χ1v) is 10.1. The summed E-state index contributed by atoms with van der Waals surface area (Å²) in [5.74, 6) is -0.0252. The molecule has 0 bridgehead atoms. The van der Waals surface area contributed by atoms with Gasteiger partial charge in [0.25, 0.3) is 5.91 Å². The number of anilines is 1. The summed E-state index contributed by atoms with van der Waals surface area (Å²) in [4.78, 5) is 20.0. The molecule has 0 spiro atoms. The zero-order valence-electron chi connectivity index (χ0n) is 16.3. The minimum absolute atomic E-state index is 0.0252. The number of aryl methyl sites for hydroxylation is 3. The lowest BCUT2D eigenvalue weighted by Gasteiger charge is -2.20. The molecule has 140 valence electrons. The predicted molar refractivity (Wildman–Crippen MR) is 117 cm³/mol. The summed E-state index contributed by atoms with van der Waals surface area (Å²) in [5, 5.41) is 0.729. The smallest absolute Gasteiger partial charge is 0.260 e. The van der Waals surface area contributed by atoms with Gasteiger partial charge in [0.2, 0.25) is 0 Å². The van der Waals surface area contributed by atoms with Crippen LogP contribution in [0.1, 0.15) is 32.6 Å². The van der Waals surface area contributed by atoms with E-state index in [0.29, 0.717) is 12.1 Å². The van der Waals surface area contributed by atoms with E-state index in [1.165, 1.54) is 11.1 Å². The third-order valence-corrected chi connectivity index (χ3v) is 5.99. The first kappa shape index (κ1) is 18.4. The minimum Gasteiger partial charge on any atom is -0.279 e. The van der Waals surface area contributed by atoms with Gasteiger partial charge < -0.3 is 0 Å². The maximum Gasteiger partial charge on any atom is 0.260 e. The second kappa shape index (κ2) is 7.56. The van der Waals surface area contributed by atoms with E-state index in [2.05, 4.69) is 26.0 Å².